The standard InChI is InChI=1S/C17H20N2O2.ClH/c18-12-16(11-14-7-3-1-4-8-14)19-17(20)21-13-15-9-5-2-6-10-15;/h1-10,16H,11-13,18H2,(H,19,20);1H/t16-;/m1./s1. The number of rotatable bonds is 6. The quantitative estimate of drug-likeness (QED) is 0.860. The van der Waals surface area contributed by atoms with Crippen LogP contribution in [0.5, 0.6) is 0 Å². The summed E-state index contributed by atoms with van der Waals surface area (Å²) in [5, 5.41) is 2.80. The molecule has 0 unspecified atom stereocenters. The minimum absolute atomic E-state index is 0. The summed E-state index contributed by atoms with van der Waals surface area (Å²) in [6.07, 6.45) is 0.253. The molecule has 22 heavy (non-hydrogen) atoms. The minimum Gasteiger partial charge on any atom is -0.445 e. The normalized spacial score (nSPS) is 11.1. The Bertz CT molecular complexity index is 549. The Morgan fingerprint density at radius 2 is 1.55 bits per heavy atom. The van der Waals surface area contributed by atoms with Crippen LogP contribution in [0, 0.1) is 0 Å². The Kier molecular flexibility index (Phi) is 8.04. The fourth-order valence-electron chi connectivity index (χ4n) is 2.02. The lowest BCUT2D eigenvalue weighted by Crippen LogP contribution is -2.41. The van der Waals surface area contributed by atoms with Crippen molar-refractivity contribution in [3.63, 3.8) is 0 Å². The Morgan fingerprint density at radius 1 is 1.00 bits per heavy atom. The van der Waals surface area contributed by atoms with Crippen LogP contribution in [0.3, 0.4) is 0 Å². The van der Waals surface area contributed by atoms with E-state index in [4.69, 9.17) is 10.5 Å². The SMILES string of the molecule is Cl.NC[C@@H](Cc1ccccc1)NC(=O)OCc1ccccc1. The molecule has 4 nitrogen and oxygen atoms in total. The van der Waals surface area contributed by atoms with Gasteiger partial charge in [-0.2, -0.15) is 0 Å². The Balaban J connectivity index is 0.00000242. The Morgan fingerprint density at radius 3 is 2.09 bits per heavy atom. The van der Waals surface area contributed by atoms with E-state index in [1.54, 1.807) is 0 Å². The van der Waals surface area contributed by atoms with E-state index in [0.29, 0.717) is 13.0 Å². The highest BCUT2D eigenvalue weighted by molar-refractivity contribution is 5.85. The molecule has 2 aromatic rings. The maximum Gasteiger partial charge on any atom is 0.407 e. The van der Waals surface area contributed by atoms with Gasteiger partial charge in [0.1, 0.15) is 6.61 Å². The summed E-state index contributed by atoms with van der Waals surface area (Å²) in [5.74, 6) is 0. The molecule has 0 saturated heterocycles. The molecule has 0 heterocycles. The van der Waals surface area contributed by atoms with Gasteiger partial charge in [-0.15, -0.1) is 12.4 Å². The second-order valence-corrected chi connectivity index (χ2v) is 4.83. The summed E-state index contributed by atoms with van der Waals surface area (Å²) in [6, 6.07) is 19.4. The lowest BCUT2D eigenvalue weighted by molar-refractivity contribution is 0.136. The Labute approximate surface area is 137 Å². The number of hydrogen-bond donors (Lipinski definition) is 2. The van der Waals surface area contributed by atoms with Gasteiger partial charge in [0.25, 0.3) is 0 Å². The predicted octanol–water partition coefficient (Wildman–Crippen LogP) is 2.90. The second-order valence-electron chi connectivity index (χ2n) is 4.83. The summed E-state index contributed by atoms with van der Waals surface area (Å²) >= 11 is 0. The zero-order valence-corrected chi connectivity index (χ0v) is 13.1. The maximum absolute atomic E-state index is 11.8. The fraction of sp³-hybridized carbons (Fsp3) is 0.235. The highest BCUT2D eigenvalue weighted by Gasteiger charge is 2.12. The van der Waals surface area contributed by atoms with Crippen molar-refractivity contribution in [2.24, 2.45) is 5.73 Å². The van der Waals surface area contributed by atoms with Gasteiger partial charge in [-0.1, -0.05) is 60.7 Å². The summed E-state index contributed by atoms with van der Waals surface area (Å²) in [7, 11) is 0. The van der Waals surface area contributed by atoms with Gasteiger partial charge in [0.2, 0.25) is 0 Å². The number of halogens is 1. The van der Waals surface area contributed by atoms with Crippen molar-refractivity contribution in [1.82, 2.24) is 5.32 Å². The molecule has 2 aromatic carbocycles. The van der Waals surface area contributed by atoms with Gasteiger partial charge in [-0.3, -0.25) is 0 Å². The number of alkyl carbamates (subject to hydrolysis) is 1. The van der Waals surface area contributed by atoms with Gasteiger partial charge in [-0.05, 0) is 17.5 Å². The number of amides is 1. The van der Waals surface area contributed by atoms with Crippen LogP contribution in [0.25, 0.3) is 0 Å². The van der Waals surface area contributed by atoms with Crippen LogP contribution >= 0.6 is 12.4 Å². The molecular formula is C17H21ClN2O2. The molecule has 0 saturated carbocycles. The second kappa shape index (κ2) is 9.82. The molecule has 0 radical (unpaired) electrons. The first-order valence-corrected chi connectivity index (χ1v) is 6.99. The van der Waals surface area contributed by atoms with Crippen LogP contribution in [0.2, 0.25) is 0 Å². The van der Waals surface area contributed by atoms with Crippen molar-refractivity contribution in [1.29, 1.82) is 0 Å². The first-order valence-electron chi connectivity index (χ1n) is 6.99. The zero-order valence-electron chi connectivity index (χ0n) is 12.3. The van der Waals surface area contributed by atoms with Gasteiger partial charge in [0.15, 0.2) is 0 Å². The molecule has 0 aromatic heterocycles. The summed E-state index contributed by atoms with van der Waals surface area (Å²) in [6.45, 7) is 0.630. The van der Waals surface area contributed by atoms with Gasteiger partial charge >= 0.3 is 6.09 Å². The number of carbonyl (C=O) groups is 1. The molecule has 0 spiro atoms. The fourth-order valence-corrected chi connectivity index (χ4v) is 2.02. The molecule has 1 atom stereocenters. The zero-order chi connectivity index (χ0) is 14.9. The van der Waals surface area contributed by atoms with Crippen molar-refractivity contribution in [3.05, 3.63) is 71.8 Å². The number of nitrogens with two attached hydrogens (primary N) is 1. The lowest BCUT2D eigenvalue weighted by atomic mass is 10.1. The monoisotopic (exact) mass is 320 g/mol. The van der Waals surface area contributed by atoms with Crippen LogP contribution in [0.15, 0.2) is 60.7 Å². The highest BCUT2D eigenvalue weighted by atomic mass is 35.5. The average molecular weight is 321 g/mol. The van der Waals surface area contributed by atoms with E-state index in [1.165, 1.54) is 0 Å². The van der Waals surface area contributed by atoms with Crippen molar-refractivity contribution in [2.75, 3.05) is 6.54 Å². The molecule has 0 bridgehead atoms. The van der Waals surface area contributed by atoms with E-state index in [-0.39, 0.29) is 25.1 Å². The molecule has 0 aliphatic heterocycles. The van der Waals surface area contributed by atoms with E-state index < -0.39 is 6.09 Å². The molecule has 118 valence electrons. The van der Waals surface area contributed by atoms with Gasteiger partial charge in [0.05, 0.1) is 0 Å². The summed E-state index contributed by atoms with van der Waals surface area (Å²) < 4.78 is 5.19. The van der Waals surface area contributed by atoms with Gasteiger partial charge in [0, 0.05) is 12.6 Å². The van der Waals surface area contributed by atoms with Crippen LogP contribution in [0.4, 0.5) is 4.79 Å². The number of hydrogen-bond acceptors (Lipinski definition) is 3. The minimum atomic E-state index is -0.440. The number of benzene rings is 2. The van der Waals surface area contributed by atoms with Gasteiger partial charge < -0.3 is 15.8 Å². The third-order valence-electron chi connectivity index (χ3n) is 3.14. The average Bonchev–Trinajstić information content (AvgIpc) is 2.54. The molecule has 1 amide bonds. The first-order chi connectivity index (χ1) is 10.3. The number of carbonyl (C=O) groups excluding carboxylic acids is 1. The molecular weight excluding hydrogens is 300 g/mol. The van der Waals surface area contributed by atoms with Crippen molar-refractivity contribution >= 4 is 18.5 Å². The third kappa shape index (κ3) is 6.16. The summed E-state index contributed by atoms with van der Waals surface area (Å²) in [4.78, 5) is 11.8. The van der Waals surface area contributed by atoms with Crippen molar-refractivity contribution in [2.45, 2.75) is 19.1 Å². The first kappa shape index (κ1) is 18.0. The van der Waals surface area contributed by atoms with Crippen molar-refractivity contribution < 1.29 is 9.53 Å². The van der Waals surface area contributed by atoms with Crippen LogP contribution in [0.1, 0.15) is 11.1 Å². The molecule has 5 heteroatoms. The molecule has 0 fully saturated rings. The third-order valence-corrected chi connectivity index (χ3v) is 3.14. The van der Waals surface area contributed by atoms with E-state index in [2.05, 4.69) is 5.32 Å². The van der Waals surface area contributed by atoms with Crippen LogP contribution in [-0.2, 0) is 17.8 Å². The summed E-state index contributed by atoms with van der Waals surface area (Å²) in [5.41, 5.74) is 7.80. The van der Waals surface area contributed by atoms with E-state index >= 15 is 0 Å². The molecule has 3 N–H and O–H groups in total. The van der Waals surface area contributed by atoms with E-state index in [0.717, 1.165) is 11.1 Å². The maximum atomic E-state index is 11.8. The highest BCUT2D eigenvalue weighted by Crippen LogP contribution is 2.04. The smallest absolute Gasteiger partial charge is 0.407 e. The lowest BCUT2D eigenvalue weighted by Gasteiger charge is -2.16. The van der Waals surface area contributed by atoms with E-state index in [9.17, 15) is 4.79 Å². The Hall–Kier alpha value is -2.04. The van der Waals surface area contributed by atoms with Crippen LogP contribution < -0.4 is 11.1 Å². The molecule has 0 aliphatic carbocycles. The van der Waals surface area contributed by atoms with Crippen LogP contribution in [-0.4, -0.2) is 18.7 Å². The van der Waals surface area contributed by atoms with E-state index in [1.807, 2.05) is 60.7 Å². The van der Waals surface area contributed by atoms with Crippen molar-refractivity contribution in [3.8, 4) is 0 Å². The molecule has 0 aliphatic rings. The number of ether oxygens (including phenoxy) is 1. The largest absolute Gasteiger partial charge is 0.445 e. The number of nitrogens with one attached hydrogen (secondary N) is 1. The van der Waals surface area contributed by atoms with Gasteiger partial charge in [-0.25, -0.2) is 4.79 Å². The molecule has 2 rings (SSSR count). The topological polar surface area (TPSA) is 64.3 Å². The predicted molar refractivity (Wildman–Crippen MR) is 90.0 cm³/mol.